The lowest BCUT2D eigenvalue weighted by Gasteiger charge is -2.18. The Morgan fingerprint density at radius 1 is 1.29 bits per heavy atom. The second kappa shape index (κ2) is 5.98. The van der Waals surface area contributed by atoms with Gasteiger partial charge in [0.15, 0.2) is 6.23 Å². The standard InChI is InChI=1S/C11H16NO8P/c13-4-7-9(15)10(16)11(20-7)12-2-1-6(3-8(12)14)5-21(17,18)19/h1-3,7,9-11,13,15-16H,4-5H2,(H2,17,18,19)/t7-,9-,10-,11-/m1/s1. The molecule has 0 bridgehead atoms. The number of aliphatic hydroxyl groups is 3. The maximum Gasteiger partial charge on any atom is 0.329 e. The van der Waals surface area contributed by atoms with Crippen LogP contribution in [0.25, 0.3) is 0 Å². The largest absolute Gasteiger partial charge is 0.394 e. The Bertz CT molecular complexity index is 610. The Balaban J connectivity index is 2.26. The second-order valence-electron chi connectivity index (χ2n) is 4.83. The Morgan fingerprint density at radius 2 is 1.95 bits per heavy atom. The van der Waals surface area contributed by atoms with E-state index in [9.17, 15) is 19.6 Å². The van der Waals surface area contributed by atoms with Gasteiger partial charge in [-0.15, -0.1) is 0 Å². The van der Waals surface area contributed by atoms with Crippen LogP contribution in [0.1, 0.15) is 11.8 Å². The number of ether oxygens (including phenoxy) is 1. The fourth-order valence-electron chi connectivity index (χ4n) is 2.19. The summed E-state index contributed by atoms with van der Waals surface area (Å²) in [4.78, 5) is 29.7. The highest BCUT2D eigenvalue weighted by molar-refractivity contribution is 7.50. The molecule has 1 aliphatic heterocycles. The average Bonchev–Trinajstić information content (AvgIpc) is 2.65. The van der Waals surface area contributed by atoms with Crippen molar-refractivity contribution in [3.8, 4) is 0 Å². The molecule has 1 aromatic heterocycles. The van der Waals surface area contributed by atoms with E-state index in [0.29, 0.717) is 0 Å². The second-order valence-corrected chi connectivity index (χ2v) is 6.48. The van der Waals surface area contributed by atoms with Gasteiger partial charge < -0.3 is 29.8 Å². The zero-order valence-corrected chi connectivity index (χ0v) is 11.7. The van der Waals surface area contributed by atoms with Crippen LogP contribution in [0.4, 0.5) is 0 Å². The minimum absolute atomic E-state index is 0.149. The van der Waals surface area contributed by atoms with Gasteiger partial charge in [0, 0.05) is 12.3 Å². The van der Waals surface area contributed by atoms with Crippen LogP contribution < -0.4 is 5.56 Å². The smallest absolute Gasteiger partial charge is 0.329 e. The van der Waals surface area contributed by atoms with Crippen LogP contribution in [0.3, 0.4) is 0 Å². The van der Waals surface area contributed by atoms with Crippen LogP contribution in [0, 0.1) is 0 Å². The van der Waals surface area contributed by atoms with E-state index in [1.165, 1.54) is 12.3 Å². The van der Waals surface area contributed by atoms with Gasteiger partial charge in [-0.2, -0.15) is 0 Å². The summed E-state index contributed by atoms with van der Waals surface area (Å²) in [5.74, 6) is 0. The van der Waals surface area contributed by atoms with Crippen LogP contribution in [-0.2, 0) is 15.5 Å². The third kappa shape index (κ3) is 3.58. The first-order valence-electron chi connectivity index (χ1n) is 6.11. The molecule has 0 unspecified atom stereocenters. The summed E-state index contributed by atoms with van der Waals surface area (Å²) in [5.41, 5.74) is -0.493. The normalized spacial score (nSPS) is 29.8. The molecule has 1 aromatic rings. The maximum atomic E-state index is 11.9. The molecule has 0 radical (unpaired) electrons. The van der Waals surface area contributed by atoms with Gasteiger partial charge >= 0.3 is 7.60 Å². The van der Waals surface area contributed by atoms with Crippen molar-refractivity contribution in [2.75, 3.05) is 6.61 Å². The van der Waals surface area contributed by atoms with Crippen LogP contribution in [0.5, 0.6) is 0 Å². The van der Waals surface area contributed by atoms with Gasteiger partial charge in [-0.05, 0) is 11.6 Å². The first-order chi connectivity index (χ1) is 9.73. The summed E-state index contributed by atoms with van der Waals surface area (Å²) >= 11 is 0. The van der Waals surface area contributed by atoms with Crippen LogP contribution >= 0.6 is 7.60 Å². The molecule has 0 amide bonds. The molecule has 21 heavy (non-hydrogen) atoms. The molecule has 1 aliphatic rings. The van der Waals surface area contributed by atoms with Crippen molar-refractivity contribution in [1.82, 2.24) is 4.57 Å². The number of rotatable bonds is 4. The van der Waals surface area contributed by atoms with E-state index in [1.807, 2.05) is 0 Å². The van der Waals surface area contributed by atoms with Crippen molar-refractivity contribution in [2.45, 2.75) is 30.7 Å². The molecule has 0 aromatic carbocycles. The van der Waals surface area contributed by atoms with Gasteiger partial charge in [0.05, 0.1) is 12.8 Å². The summed E-state index contributed by atoms with van der Waals surface area (Å²) in [6, 6.07) is 2.34. The summed E-state index contributed by atoms with van der Waals surface area (Å²) in [6.45, 7) is -0.514. The first-order valence-corrected chi connectivity index (χ1v) is 7.91. The number of hydrogen-bond acceptors (Lipinski definition) is 6. The van der Waals surface area contributed by atoms with Crippen molar-refractivity contribution in [3.63, 3.8) is 0 Å². The predicted molar refractivity (Wildman–Crippen MR) is 69.5 cm³/mol. The van der Waals surface area contributed by atoms with Gasteiger partial charge in [0.2, 0.25) is 0 Å². The van der Waals surface area contributed by atoms with Gasteiger partial charge in [-0.3, -0.25) is 13.9 Å². The van der Waals surface area contributed by atoms with Gasteiger partial charge in [-0.1, -0.05) is 0 Å². The highest BCUT2D eigenvalue weighted by Crippen LogP contribution is 2.38. The summed E-state index contributed by atoms with van der Waals surface area (Å²) in [7, 11) is -4.29. The minimum Gasteiger partial charge on any atom is -0.394 e. The fraction of sp³-hybridized carbons (Fsp3) is 0.545. The lowest BCUT2D eigenvalue weighted by atomic mass is 10.1. The van der Waals surface area contributed by atoms with Crippen molar-refractivity contribution < 1.29 is 34.4 Å². The topological polar surface area (TPSA) is 149 Å². The first kappa shape index (κ1) is 16.3. The van der Waals surface area contributed by atoms with E-state index >= 15 is 0 Å². The molecule has 0 saturated carbocycles. The monoisotopic (exact) mass is 321 g/mol. The molecule has 1 fully saturated rings. The van der Waals surface area contributed by atoms with Crippen LogP contribution in [0.15, 0.2) is 23.1 Å². The summed E-state index contributed by atoms with van der Waals surface area (Å²) in [5, 5.41) is 28.4. The molecule has 9 nitrogen and oxygen atoms in total. The average molecular weight is 321 g/mol. The Kier molecular flexibility index (Phi) is 4.64. The van der Waals surface area contributed by atoms with Crippen LogP contribution in [0.2, 0.25) is 0 Å². The number of aromatic nitrogens is 1. The molecule has 0 spiro atoms. The van der Waals surface area contributed by atoms with Crippen LogP contribution in [-0.4, -0.2) is 54.6 Å². The molecule has 10 heteroatoms. The molecule has 5 N–H and O–H groups in total. The lowest BCUT2D eigenvalue weighted by molar-refractivity contribution is -0.0544. The third-order valence-electron chi connectivity index (χ3n) is 3.19. The maximum absolute atomic E-state index is 11.9. The van der Waals surface area contributed by atoms with Crippen molar-refractivity contribution in [3.05, 3.63) is 34.2 Å². The molecule has 2 rings (SSSR count). The highest BCUT2D eigenvalue weighted by Gasteiger charge is 2.43. The molecule has 1 saturated heterocycles. The number of hydrogen-bond donors (Lipinski definition) is 5. The molecule has 4 atom stereocenters. The molecule has 0 aliphatic carbocycles. The Hall–Kier alpha value is -1.06. The van der Waals surface area contributed by atoms with E-state index in [0.717, 1.165) is 10.6 Å². The lowest BCUT2D eigenvalue weighted by Crippen LogP contribution is -2.35. The fourth-order valence-corrected chi connectivity index (χ4v) is 2.86. The van der Waals surface area contributed by atoms with E-state index < -0.39 is 50.5 Å². The van der Waals surface area contributed by atoms with E-state index in [2.05, 4.69) is 0 Å². The van der Waals surface area contributed by atoms with E-state index in [-0.39, 0.29) is 5.56 Å². The van der Waals surface area contributed by atoms with Crippen molar-refractivity contribution in [1.29, 1.82) is 0 Å². The zero-order valence-electron chi connectivity index (χ0n) is 10.8. The molecular weight excluding hydrogens is 305 g/mol. The quantitative estimate of drug-likeness (QED) is 0.405. The van der Waals surface area contributed by atoms with E-state index in [4.69, 9.17) is 19.6 Å². The van der Waals surface area contributed by atoms with E-state index in [1.54, 1.807) is 0 Å². The summed E-state index contributed by atoms with van der Waals surface area (Å²) < 4.78 is 17.1. The zero-order chi connectivity index (χ0) is 15.8. The SMILES string of the molecule is O=c1cc(CP(=O)(O)O)ccn1[C@@H]1O[C@H](CO)[C@@H](O)[C@H]1O. The molecule has 2 heterocycles. The Morgan fingerprint density at radius 3 is 2.43 bits per heavy atom. The number of pyridine rings is 1. The van der Waals surface area contributed by atoms with Crippen molar-refractivity contribution in [2.24, 2.45) is 0 Å². The molecular formula is C11H16NO8P. The Labute approximate surface area is 119 Å². The number of aliphatic hydroxyl groups excluding tert-OH is 3. The highest BCUT2D eigenvalue weighted by atomic mass is 31.2. The minimum atomic E-state index is -4.29. The molecule has 118 valence electrons. The van der Waals surface area contributed by atoms with Gasteiger partial charge in [-0.25, -0.2) is 0 Å². The van der Waals surface area contributed by atoms with Gasteiger partial charge in [0.1, 0.15) is 18.3 Å². The van der Waals surface area contributed by atoms with Crippen molar-refractivity contribution >= 4 is 7.60 Å². The third-order valence-corrected chi connectivity index (χ3v) is 3.97. The summed E-state index contributed by atoms with van der Waals surface area (Å²) in [6.07, 6.45) is -4.26. The predicted octanol–water partition coefficient (Wildman–Crippen LogP) is -1.86. The number of nitrogens with zero attached hydrogens (tertiary/aromatic N) is 1. The van der Waals surface area contributed by atoms with Gasteiger partial charge in [0.25, 0.3) is 5.56 Å².